The molecule has 22 heavy (non-hydrogen) atoms. The van der Waals surface area contributed by atoms with Crippen molar-refractivity contribution in [2.75, 3.05) is 18.9 Å². The van der Waals surface area contributed by atoms with E-state index in [2.05, 4.69) is 5.32 Å². The fourth-order valence-electron chi connectivity index (χ4n) is 2.88. The van der Waals surface area contributed by atoms with Gasteiger partial charge in [0, 0.05) is 12.7 Å². The predicted molar refractivity (Wildman–Crippen MR) is 88.0 cm³/mol. The lowest BCUT2D eigenvalue weighted by Crippen LogP contribution is -2.46. The fourth-order valence-corrected chi connectivity index (χ4v) is 4.99. The molecule has 0 radical (unpaired) electrons. The van der Waals surface area contributed by atoms with Crippen molar-refractivity contribution >= 4 is 13.3 Å². The molecular weight excluding hydrogens is 303 g/mol. The van der Waals surface area contributed by atoms with Crippen LogP contribution in [-0.4, -0.2) is 46.9 Å². The average Bonchev–Trinajstić information content (AvgIpc) is 2.43. The normalized spacial score (nSPS) is 22.1. The van der Waals surface area contributed by atoms with Gasteiger partial charge in [0.1, 0.15) is 0 Å². The summed E-state index contributed by atoms with van der Waals surface area (Å²) in [6.45, 7) is 3.65. The topological polar surface area (TPSA) is 113 Å². The predicted octanol–water partition coefficient (Wildman–Crippen LogP) is 1.30. The second-order valence-electron chi connectivity index (χ2n) is 6.88. The van der Waals surface area contributed by atoms with Crippen molar-refractivity contribution in [3.63, 3.8) is 0 Å². The minimum atomic E-state index is -3.35. The summed E-state index contributed by atoms with van der Waals surface area (Å²) in [5, 5.41) is 12.4. The van der Waals surface area contributed by atoms with E-state index in [4.69, 9.17) is 5.73 Å². The molecule has 130 valence electrons. The van der Waals surface area contributed by atoms with E-state index in [1.165, 1.54) is 6.42 Å². The first kappa shape index (κ1) is 19.6. The number of nitrogens with one attached hydrogen (secondary N) is 1. The highest BCUT2D eigenvalue weighted by Gasteiger charge is 2.28. The van der Waals surface area contributed by atoms with Crippen LogP contribution in [0.5, 0.6) is 0 Å². The molecule has 1 amide bonds. The molecule has 0 heterocycles. The Morgan fingerprint density at radius 2 is 1.91 bits per heavy atom. The van der Waals surface area contributed by atoms with E-state index in [1.807, 2.05) is 13.8 Å². The van der Waals surface area contributed by atoms with Gasteiger partial charge in [0.2, 0.25) is 13.3 Å². The van der Waals surface area contributed by atoms with Crippen LogP contribution in [0.1, 0.15) is 46.0 Å². The van der Waals surface area contributed by atoms with Crippen LogP contribution in [0.2, 0.25) is 0 Å². The number of hydrogen-bond acceptors (Lipinski definition) is 4. The SMILES string of the molecule is CC(C)[C@H](N)C(=O)NC[C@H](O)CP(=O)(O)CC1CCCCC1. The van der Waals surface area contributed by atoms with Crippen molar-refractivity contribution in [1.82, 2.24) is 5.32 Å². The summed E-state index contributed by atoms with van der Waals surface area (Å²) in [6, 6.07) is -0.629. The Kier molecular flexibility index (Phi) is 8.04. The van der Waals surface area contributed by atoms with E-state index in [-0.39, 0.29) is 30.7 Å². The average molecular weight is 334 g/mol. The van der Waals surface area contributed by atoms with Crippen molar-refractivity contribution < 1.29 is 19.4 Å². The number of rotatable bonds is 8. The molecule has 1 aliphatic rings. The Balaban J connectivity index is 2.34. The highest BCUT2D eigenvalue weighted by molar-refractivity contribution is 7.58. The molecule has 5 N–H and O–H groups in total. The Labute approximate surface area is 133 Å². The van der Waals surface area contributed by atoms with Gasteiger partial charge in [-0.25, -0.2) is 0 Å². The third-order valence-corrected chi connectivity index (χ3v) is 6.38. The Morgan fingerprint density at radius 1 is 1.32 bits per heavy atom. The van der Waals surface area contributed by atoms with Crippen molar-refractivity contribution in [1.29, 1.82) is 0 Å². The van der Waals surface area contributed by atoms with Crippen LogP contribution in [0.4, 0.5) is 0 Å². The summed E-state index contributed by atoms with van der Waals surface area (Å²) in [6.07, 6.45) is 4.55. The lowest BCUT2D eigenvalue weighted by atomic mass is 9.91. The second kappa shape index (κ2) is 9.02. The molecule has 1 rings (SSSR count). The van der Waals surface area contributed by atoms with Crippen LogP contribution in [0.15, 0.2) is 0 Å². The molecule has 1 unspecified atom stereocenters. The lowest BCUT2D eigenvalue weighted by Gasteiger charge is -2.25. The van der Waals surface area contributed by atoms with Gasteiger partial charge in [-0.15, -0.1) is 0 Å². The van der Waals surface area contributed by atoms with Gasteiger partial charge in [0.25, 0.3) is 0 Å². The third kappa shape index (κ3) is 7.23. The Bertz CT molecular complexity index is 397. The zero-order valence-corrected chi connectivity index (χ0v) is 14.6. The molecule has 7 heteroatoms. The maximum Gasteiger partial charge on any atom is 0.237 e. The van der Waals surface area contributed by atoms with Crippen molar-refractivity contribution in [2.45, 2.75) is 58.1 Å². The molecule has 3 atom stereocenters. The molecule has 1 saturated carbocycles. The maximum atomic E-state index is 12.2. The minimum absolute atomic E-state index is 0.00684. The van der Waals surface area contributed by atoms with Gasteiger partial charge in [-0.2, -0.15) is 0 Å². The standard InChI is InChI=1S/C15H31N2O4P/c1-11(2)14(16)15(19)17-8-13(18)10-22(20,21)9-12-6-4-3-5-7-12/h11-14,18H,3-10,16H2,1-2H3,(H,17,19)(H,20,21)/t13-,14-/m0/s1. The van der Waals surface area contributed by atoms with Crippen LogP contribution in [0, 0.1) is 11.8 Å². The van der Waals surface area contributed by atoms with Gasteiger partial charge in [-0.1, -0.05) is 33.1 Å². The molecular formula is C15H31N2O4P. The number of carbonyl (C=O) groups is 1. The number of amides is 1. The smallest absolute Gasteiger partial charge is 0.237 e. The molecule has 1 aliphatic carbocycles. The molecule has 0 aromatic heterocycles. The number of nitrogens with two attached hydrogens (primary N) is 1. The second-order valence-corrected chi connectivity index (χ2v) is 9.31. The van der Waals surface area contributed by atoms with Crippen LogP contribution < -0.4 is 11.1 Å². The first-order valence-corrected chi connectivity index (χ1v) is 10.3. The highest BCUT2D eigenvalue weighted by Crippen LogP contribution is 2.45. The number of aliphatic hydroxyl groups is 1. The molecule has 0 aliphatic heterocycles. The quantitative estimate of drug-likeness (QED) is 0.500. The van der Waals surface area contributed by atoms with Crippen molar-refractivity contribution in [2.24, 2.45) is 17.6 Å². The fraction of sp³-hybridized carbons (Fsp3) is 0.933. The van der Waals surface area contributed by atoms with E-state index in [0.29, 0.717) is 5.92 Å². The van der Waals surface area contributed by atoms with Crippen LogP contribution in [0.25, 0.3) is 0 Å². The zero-order valence-electron chi connectivity index (χ0n) is 13.7. The van der Waals surface area contributed by atoms with E-state index < -0.39 is 19.5 Å². The first-order valence-electron chi connectivity index (χ1n) is 8.23. The summed E-state index contributed by atoms with van der Waals surface area (Å²) < 4.78 is 12.2. The summed E-state index contributed by atoms with van der Waals surface area (Å²) in [5.41, 5.74) is 5.70. The van der Waals surface area contributed by atoms with E-state index in [1.54, 1.807) is 0 Å². The number of carbonyl (C=O) groups excluding carboxylic acids is 1. The molecule has 6 nitrogen and oxygen atoms in total. The van der Waals surface area contributed by atoms with Crippen LogP contribution in [-0.2, 0) is 9.36 Å². The monoisotopic (exact) mass is 334 g/mol. The highest BCUT2D eigenvalue weighted by atomic mass is 31.2. The largest absolute Gasteiger partial charge is 0.391 e. The van der Waals surface area contributed by atoms with E-state index in [0.717, 1.165) is 25.7 Å². The number of hydrogen-bond donors (Lipinski definition) is 4. The van der Waals surface area contributed by atoms with E-state index in [9.17, 15) is 19.4 Å². The van der Waals surface area contributed by atoms with Gasteiger partial charge >= 0.3 is 0 Å². The van der Waals surface area contributed by atoms with Gasteiger partial charge in [-0.05, 0) is 24.7 Å². The first-order chi connectivity index (χ1) is 10.2. The Hall–Kier alpha value is -0.420. The van der Waals surface area contributed by atoms with Crippen molar-refractivity contribution in [3.05, 3.63) is 0 Å². The molecule has 0 saturated heterocycles. The number of aliphatic hydroxyl groups excluding tert-OH is 1. The van der Waals surface area contributed by atoms with Gasteiger partial charge in [0.15, 0.2) is 0 Å². The summed E-state index contributed by atoms with van der Waals surface area (Å²) >= 11 is 0. The van der Waals surface area contributed by atoms with Gasteiger partial charge < -0.3 is 21.1 Å². The molecule has 0 bridgehead atoms. The minimum Gasteiger partial charge on any atom is -0.391 e. The van der Waals surface area contributed by atoms with Gasteiger partial charge in [-0.3, -0.25) is 9.36 Å². The van der Waals surface area contributed by atoms with Crippen LogP contribution >= 0.6 is 7.37 Å². The molecule has 0 aromatic rings. The van der Waals surface area contributed by atoms with E-state index >= 15 is 0 Å². The van der Waals surface area contributed by atoms with Crippen LogP contribution in [0.3, 0.4) is 0 Å². The van der Waals surface area contributed by atoms with Gasteiger partial charge in [0.05, 0.1) is 18.3 Å². The maximum absolute atomic E-state index is 12.2. The zero-order chi connectivity index (χ0) is 16.8. The summed E-state index contributed by atoms with van der Waals surface area (Å²) in [7, 11) is -3.35. The molecule has 0 aromatic carbocycles. The summed E-state index contributed by atoms with van der Waals surface area (Å²) in [4.78, 5) is 21.8. The molecule has 1 fully saturated rings. The third-order valence-electron chi connectivity index (χ3n) is 4.30. The molecule has 0 spiro atoms. The lowest BCUT2D eigenvalue weighted by molar-refractivity contribution is -0.123. The Morgan fingerprint density at radius 3 is 2.45 bits per heavy atom. The summed E-state index contributed by atoms with van der Waals surface area (Å²) in [5.74, 6) is -0.0396. The van der Waals surface area contributed by atoms with Crippen molar-refractivity contribution in [3.8, 4) is 0 Å².